The molecule has 40 valence electrons. The van der Waals surface area contributed by atoms with Gasteiger partial charge in [-0.25, -0.2) is 0 Å². The first-order valence-electron chi connectivity index (χ1n) is 0. The molecule has 0 atom stereocenters. The topological polar surface area (TPSA) is 85.5 Å². The first kappa shape index (κ1) is 71.8. The van der Waals surface area contributed by atoms with Crippen molar-refractivity contribution in [2.24, 2.45) is 0 Å². The minimum Gasteiger partial charge on any atom is -2.00 e. The standard InChI is InChI=1S/2Ga.2Gd.3O/q2*+3;;;3*-2. The largest absolute Gasteiger partial charge is 3.00 e. The summed E-state index contributed by atoms with van der Waals surface area (Å²) in [5.74, 6) is 0. The van der Waals surface area contributed by atoms with E-state index in [1.807, 2.05) is 0 Å². The average molecular weight is 502 g/mol. The van der Waals surface area contributed by atoms with E-state index >= 15 is 0 Å². The van der Waals surface area contributed by atoms with E-state index < -0.39 is 0 Å². The number of rotatable bonds is 0. The van der Waals surface area contributed by atoms with Gasteiger partial charge in [-0.2, -0.15) is 0 Å². The molecule has 7 heavy (non-hydrogen) atoms. The molecule has 0 aliphatic carbocycles. The van der Waals surface area contributed by atoms with E-state index in [-0.39, 0.29) is 136 Å². The van der Waals surface area contributed by atoms with Gasteiger partial charge in [-0.05, 0) is 0 Å². The molecule has 0 N–H and O–H groups in total. The first-order chi connectivity index (χ1) is 0. The van der Waals surface area contributed by atoms with Crippen molar-refractivity contribution >= 4 is 39.6 Å². The van der Waals surface area contributed by atoms with Crippen LogP contribution in [0.15, 0.2) is 0 Å². The third-order valence-corrected chi connectivity index (χ3v) is 0. The maximum absolute atomic E-state index is 0. The molecule has 0 spiro atoms. The van der Waals surface area contributed by atoms with Gasteiger partial charge in [0.05, 0.1) is 0 Å². The molecule has 0 rings (SSSR count). The van der Waals surface area contributed by atoms with Crippen LogP contribution in [-0.4, -0.2) is 39.6 Å². The Morgan fingerprint density at radius 1 is 0.429 bits per heavy atom. The van der Waals surface area contributed by atoms with Gasteiger partial charge in [0, 0.05) is 79.9 Å². The summed E-state index contributed by atoms with van der Waals surface area (Å²) >= 11 is 0. The van der Waals surface area contributed by atoms with E-state index in [0.717, 1.165) is 0 Å². The van der Waals surface area contributed by atoms with E-state index in [2.05, 4.69) is 0 Å². The maximum Gasteiger partial charge on any atom is 3.00 e. The van der Waals surface area contributed by atoms with Crippen LogP contribution in [0.2, 0.25) is 0 Å². The molecule has 0 heterocycles. The zero-order valence-corrected chi connectivity index (χ0v) is 12.5. The molecule has 0 saturated heterocycles. The minimum absolute atomic E-state index is 0. The first-order valence-corrected chi connectivity index (χ1v) is 0. The molecule has 0 aromatic heterocycles. The summed E-state index contributed by atoms with van der Waals surface area (Å²) in [6.45, 7) is 0. The molecule has 0 fully saturated rings. The number of hydrogen-bond acceptors (Lipinski definition) is 0. The molecule has 0 aromatic rings. The Labute approximate surface area is 133 Å². The Kier molecular flexibility index (Phi) is 539. The van der Waals surface area contributed by atoms with E-state index in [4.69, 9.17) is 0 Å². The molecule has 0 aliphatic heterocycles. The fourth-order valence-corrected chi connectivity index (χ4v) is 0. The van der Waals surface area contributed by atoms with Gasteiger partial charge < -0.3 is 16.4 Å². The van der Waals surface area contributed by atoms with Crippen LogP contribution in [0.5, 0.6) is 0 Å². The summed E-state index contributed by atoms with van der Waals surface area (Å²) in [7, 11) is 0. The van der Waals surface area contributed by atoms with E-state index in [1.54, 1.807) is 0 Å². The average Bonchev–Trinajstić information content (AvgIpc) is 0. The van der Waals surface area contributed by atoms with Crippen molar-refractivity contribution < 1.29 is 96.3 Å². The summed E-state index contributed by atoms with van der Waals surface area (Å²) in [5.41, 5.74) is 0. The summed E-state index contributed by atoms with van der Waals surface area (Å²) in [6.07, 6.45) is 0. The normalized spacial score (nSPS) is 0. The monoisotopic (exact) mass is 502 g/mol. The van der Waals surface area contributed by atoms with Crippen molar-refractivity contribution in [1.82, 2.24) is 0 Å². The molecule has 0 aromatic carbocycles. The van der Waals surface area contributed by atoms with Crippen LogP contribution in [0.3, 0.4) is 0 Å². The second-order valence-electron chi connectivity index (χ2n) is 0. The molecule has 0 bridgehead atoms. The second kappa shape index (κ2) is 52.5. The van der Waals surface area contributed by atoms with Gasteiger partial charge in [0.2, 0.25) is 0 Å². The molecule has 0 aliphatic rings. The molecular weight excluding hydrogens is 502 g/mol. The van der Waals surface area contributed by atoms with Crippen LogP contribution in [0.4, 0.5) is 0 Å². The molecule has 7 heteroatoms. The Morgan fingerprint density at radius 3 is 0.429 bits per heavy atom. The van der Waals surface area contributed by atoms with Crippen molar-refractivity contribution in [1.29, 1.82) is 0 Å². The Morgan fingerprint density at radius 2 is 0.429 bits per heavy atom. The van der Waals surface area contributed by atoms with Crippen LogP contribution in [-0.2, 0) is 16.4 Å². The van der Waals surface area contributed by atoms with Gasteiger partial charge >= 0.3 is 39.6 Å². The van der Waals surface area contributed by atoms with Crippen molar-refractivity contribution in [3.63, 3.8) is 0 Å². The third-order valence-electron chi connectivity index (χ3n) is 0. The zero-order chi connectivity index (χ0) is 0. The summed E-state index contributed by atoms with van der Waals surface area (Å²) in [4.78, 5) is 0. The van der Waals surface area contributed by atoms with Gasteiger partial charge in [0.1, 0.15) is 0 Å². The summed E-state index contributed by atoms with van der Waals surface area (Å²) in [5, 5.41) is 0. The Hall–Kier alpha value is 3.80. The van der Waals surface area contributed by atoms with Crippen LogP contribution in [0, 0.1) is 79.9 Å². The second-order valence-corrected chi connectivity index (χ2v) is 0. The van der Waals surface area contributed by atoms with Crippen molar-refractivity contribution in [3.05, 3.63) is 0 Å². The Bertz CT molecular complexity index is 10.9. The molecule has 0 radical (unpaired) electrons. The van der Waals surface area contributed by atoms with Gasteiger partial charge in [0.25, 0.3) is 0 Å². The van der Waals surface area contributed by atoms with Crippen LogP contribution in [0.1, 0.15) is 0 Å². The van der Waals surface area contributed by atoms with Crippen molar-refractivity contribution in [3.8, 4) is 0 Å². The molecule has 0 unspecified atom stereocenters. The predicted molar refractivity (Wildman–Crippen MR) is 13.6 cm³/mol. The molecule has 3 nitrogen and oxygen atoms in total. The molecule has 0 saturated carbocycles. The van der Waals surface area contributed by atoms with Crippen molar-refractivity contribution in [2.75, 3.05) is 0 Å². The maximum atomic E-state index is 0. The Balaban J connectivity index is 0. The fourth-order valence-electron chi connectivity index (χ4n) is 0. The number of hydrogen-bond donors (Lipinski definition) is 0. The molecular formula is Ga2Gd2O3. The van der Waals surface area contributed by atoms with Gasteiger partial charge in [-0.3, -0.25) is 0 Å². The zero-order valence-electron chi connectivity index (χ0n) is 3.09. The van der Waals surface area contributed by atoms with Gasteiger partial charge in [-0.15, -0.1) is 0 Å². The molecule has 0 amide bonds. The smallest absolute Gasteiger partial charge is 2.00 e. The minimum atomic E-state index is 0. The predicted octanol–water partition coefficient (Wildman–Crippen LogP) is -1.12. The van der Waals surface area contributed by atoms with Crippen LogP contribution < -0.4 is 0 Å². The van der Waals surface area contributed by atoms with E-state index in [0.29, 0.717) is 0 Å². The summed E-state index contributed by atoms with van der Waals surface area (Å²) < 4.78 is 0. The van der Waals surface area contributed by atoms with Crippen molar-refractivity contribution in [2.45, 2.75) is 0 Å². The third kappa shape index (κ3) is 41.3. The van der Waals surface area contributed by atoms with Crippen LogP contribution in [0.25, 0.3) is 0 Å². The van der Waals surface area contributed by atoms with Gasteiger partial charge in [0.15, 0.2) is 0 Å². The quantitative estimate of drug-likeness (QED) is 0.377. The summed E-state index contributed by atoms with van der Waals surface area (Å²) in [6, 6.07) is 0. The van der Waals surface area contributed by atoms with Crippen LogP contribution >= 0.6 is 0 Å². The van der Waals surface area contributed by atoms with E-state index in [9.17, 15) is 0 Å². The fraction of sp³-hybridized carbons (Fsp3) is 0. The van der Waals surface area contributed by atoms with Gasteiger partial charge in [-0.1, -0.05) is 0 Å². The SMILES string of the molecule is [Ga+3].[Ga+3].[Gd].[Gd].[O-2].[O-2].[O-2]. The van der Waals surface area contributed by atoms with E-state index in [1.165, 1.54) is 0 Å².